The maximum Gasteiger partial charge on any atom is 0.239 e. The maximum atomic E-state index is 12.4. The molecule has 2 aliphatic heterocycles. The molecule has 1 atom stereocenters. The van der Waals surface area contributed by atoms with Crippen LogP contribution in [0.2, 0.25) is 10.0 Å². The average molecular weight is 313 g/mol. The van der Waals surface area contributed by atoms with Crippen molar-refractivity contribution in [3.63, 3.8) is 0 Å². The number of carbonyl (C=O) groups is 1. The number of rotatable bonds is 3. The van der Waals surface area contributed by atoms with Gasteiger partial charge < -0.3 is 4.90 Å². The Kier molecular flexibility index (Phi) is 4.20. The first-order valence-electron chi connectivity index (χ1n) is 7.12. The van der Waals surface area contributed by atoms with E-state index in [9.17, 15) is 4.79 Å². The molecule has 1 aromatic rings. The van der Waals surface area contributed by atoms with E-state index in [1.54, 1.807) is 0 Å². The molecule has 0 radical (unpaired) electrons. The van der Waals surface area contributed by atoms with Gasteiger partial charge in [0.1, 0.15) is 0 Å². The summed E-state index contributed by atoms with van der Waals surface area (Å²) in [7, 11) is 0. The summed E-state index contributed by atoms with van der Waals surface area (Å²) in [6.07, 6.45) is 2.99. The Labute approximate surface area is 129 Å². The molecule has 2 aliphatic rings. The van der Waals surface area contributed by atoms with Crippen LogP contribution in [-0.2, 0) is 11.2 Å². The molecule has 3 rings (SSSR count). The number of amides is 1. The van der Waals surface area contributed by atoms with Crippen LogP contribution in [0, 0.1) is 0 Å². The van der Waals surface area contributed by atoms with E-state index in [2.05, 4.69) is 4.90 Å². The van der Waals surface area contributed by atoms with Gasteiger partial charge in [-0.15, -0.1) is 0 Å². The topological polar surface area (TPSA) is 23.6 Å². The number of hydrogen-bond donors (Lipinski definition) is 0. The monoisotopic (exact) mass is 312 g/mol. The van der Waals surface area contributed by atoms with Gasteiger partial charge in [-0.3, -0.25) is 9.69 Å². The van der Waals surface area contributed by atoms with Crippen molar-refractivity contribution in [1.29, 1.82) is 0 Å². The Morgan fingerprint density at radius 1 is 1.15 bits per heavy atom. The molecular weight excluding hydrogens is 295 g/mol. The number of halogens is 2. The van der Waals surface area contributed by atoms with E-state index in [0.717, 1.165) is 51.0 Å². The highest BCUT2D eigenvalue weighted by atomic mass is 35.5. The molecule has 1 aromatic carbocycles. The molecule has 3 nitrogen and oxygen atoms in total. The zero-order valence-corrected chi connectivity index (χ0v) is 12.8. The van der Waals surface area contributed by atoms with Crippen molar-refractivity contribution in [2.45, 2.75) is 25.3 Å². The first-order chi connectivity index (χ1) is 9.65. The van der Waals surface area contributed by atoms with Gasteiger partial charge in [-0.05, 0) is 43.5 Å². The van der Waals surface area contributed by atoms with Crippen LogP contribution in [0.5, 0.6) is 0 Å². The van der Waals surface area contributed by atoms with E-state index in [1.807, 2.05) is 23.1 Å². The molecule has 1 unspecified atom stereocenters. The van der Waals surface area contributed by atoms with Crippen molar-refractivity contribution in [2.24, 2.45) is 0 Å². The third kappa shape index (κ3) is 2.80. The van der Waals surface area contributed by atoms with Crippen LogP contribution in [0.15, 0.2) is 18.2 Å². The van der Waals surface area contributed by atoms with Gasteiger partial charge >= 0.3 is 0 Å². The van der Waals surface area contributed by atoms with Crippen molar-refractivity contribution < 1.29 is 4.79 Å². The van der Waals surface area contributed by atoms with Gasteiger partial charge in [0.05, 0.1) is 16.1 Å². The second-order valence-corrected chi connectivity index (χ2v) is 6.33. The molecule has 0 saturated carbocycles. The molecule has 2 saturated heterocycles. The molecule has 0 spiro atoms. The summed E-state index contributed by atoms with van der Waals surface area (Å²) in [6.45, 7) is 3.70. The predicted octanol–water partition coefficient (Wildman–Crippen LogP) is 2.84. The Bertz CT molecular complexity index is 521. The minimum atomic E-state index is 0.137. The third-order valence-corrected chi connectivity index (χ3v) is 5.01. The van der Waals surface area contributed by atoms with Crippen LogP contribution < -0.4 is 0 Å². The van der Waals surface area contributed by atoms with Crippen LogP contribution in [0.25, 0.3) is 0 Å². The number of carbonyl (C=O) groups excluding carboxylic acids is 1. The molecule has 5 heteroatoms. The fourth-order valence-electron chi connectivity index (χ4n) is 3.12. The Balaban J connectivity index is 1.60. The van der Waals surface area contributed by atoms with Crippen molar-refractivity contribution in [3.05, 3.63) is 33.8 Å². The highest BCUT2D eigenvalue weighted by Gasteiger charge is 2.37. The molecule has 1 amide bonds. The fraction of sp³-hybridized carbons (Fsp3) is 0.533. The van der Waals surface area contributed by atoms with Crippen molar-refractivity contribution >= 4 is 29.1 Å². The molecule has 0 N–H and O–H groups in total. The zero-order valence-electron chi connectivity index (χ0n) is 11.3. The van der Waals surface area contributed by atoms with E-state index in [-0.39, 0.29) is 6.04 Å². The molecule has 0 aliphatic carbocycles. The Morgan fingerprint density at radius 3 is 2.80 bits per heavy atom. The molecule has 20 heavy (non-hydrogen) atoms. The number of nitrogens with zero attached hydrogens (tertiary/aromatic N) is 2. The van der Waals surface area contributed by atoms with Gasteiger partial charge in [-0.2, -0.15) is 0 Å². The summed E-state index contributed by atoms with van der Waals surface area (Å²) >= 11 is 11.9. The molecule has 108 valence electrons. The summed E-state index contributed by atoms with van der Waals surface area (Å²) in [5.41, 5.74) is 1.13. The fourth-order valence-corrected chi connectivity index (χ4v) is 3.45. The second-order valence-electron chi connectivity index (χ2n) is 5.52. The number of benzene rings is 1. The predicted molar refractivity (Wildman–Crippen MR) is 81.3 cm³/mol. The van der Waals surface area contributed by atoms with Gasteiger partial charge in [0, 0.05) is 19.6 Å². The van der Waals surface area contributed by atoms with Crippen molar-refractivity contribution in [1.82, 2.24) is 9.80 Å². The van der Waals surface area contributed by atoms with Crippen LogP contribution in [0.1, 0.15) is 18.4 Å². The standard InChI is InChI=1S/C15H18Cl2N2O/c16-12-4-3-11(10-13(12)17)5-7-19-9-8-18-6-1-2-14(18)15(19)20/h3-4,10,14H,1-2,5-9H2. The number of hydrogen-bond acceptors (Lipinski definition) is 2. The molecule has 2 fully saturated rings. The zero-order chi connectivity index (χ0) is 14.1. The summed E-state index contributed by atoms with van der Waals surface area (Å²) in [4.78, 5) is 16.7. The first kappa shape index (κ1) is 14.2. The lowest BCUT2D eigenvalue weighted by atomic mass is 10.1. The largest absolute Gasteiger partial charge is 0.340 e. The SMILES string of the molecule is O=C1C2CCCN2CCN1CCc1ccc(Cl)c(Cl)c1. The van der Waals surface area contributed by atoms with E-state index >= 15 is 0 Å². The lowest BCUT2D eigenvalue weighted by molar-refractivity contribution is -0.140. The normalized spacial score (nSPS) is 23.2. The highest BCUT2D eigenvalue weighted by molar-refractivity contribution is 6.42. The third-order valence-electron chi connectivity index (χ3n) is 4.27. The summed E-state index contributed by atoms with van der Waals surface area (Å²) in [5, 5.41) is 1.15. The van der Waals surface area contributed by atoms with Gasteiger partial charge in [0.15, 0.2) is 0 Å². The Morgan fingerprint density at radius 2 is 2.00 bits per heavy atom. The van der Waals surface area contributed by atoms with Gasteiger partial charge in [-0.25, -0.2) is 0 Å². The number of fused-ring (bicyclic) bond motifs is 1. The van der Waals surface area contributed by atoms with Crippen LogP contribution in [0.4, 0.5) is 0 Å². The minimum Gasteiger partial charge on any atom is -0.340 e. The van der Waals surface area contributed by atoms with E-state index < -0.39 is 0 Å². The summed E-state index contributed by atoms with van der Waals surface area (Å²) in [5.74, 6) is 0.300. The first-order valence-corrected chi connectivity index (χ1v) is 7.87. The Hall–Kier alpha value is -0.770. The molecule has 0 bridgehead atoms. The van der Waals surface area contributed by atoms with E-state index in [0.29, 0.717) is 16.0 Å². The lowest BCUT2D eigenvalue weighted by Gasteiger charge is -2.36. The summed E-state index contributed by atoms with van der Waals surface area (Å²) < 4.78 is 0. The van der Waals surface area contributed by atoms with Crippen LogP contribution in [0.3, 0.4) is 0 Å². The average Bonchev–Trinajstić information content (AvgIpc) is 2.91. The number of piperazine rings is 1. The molecular formula is C15H18Cl2N2O. The van der Waals surface area contributed by atoms with Gasteiger partial charge in [-0.1, -0.05) is 29.3 Å². The lowest BCUT2D eigenvalue weighted by Crippen LogP contribution is -2.54. The minimum absolute atomic E-state index is 0.137. The quantitative estimate of drug-likeness (QED) is 0.857. The molecule has 2 heterocycles. The van der Waals surface area contributed by atoms with Gasteiger partial charge in [0.2, 0.25) is 5.91 Å². The van der Waals surface area contributed by atoms with Crippen molar-refractivity contribution in [2.75, 3.05) is 26.2 Å². The molecule has 0 aromatic heterocycles. The van der Waals surface area contributed by atoms with E-state index in [1.165, 1.54) is 0 Å². The van der Waals surface area contributed by atoms with E-state index in [4.69, 9.17) is 23.2 Å². The van der Waals surface area contributed by atoms with Crippen molar-refractivity contribution in [3.8, 4) is 0 Å². The van der Waals surface area contributed by atoms with Crippen LogP contribution in [-0.4, -0.2) is 47.9 Å². The summed E-state index contributed by atoms with van der Waals surface area (Å²) in [6, 6.07) is 5.82. The second kappa shape index (κ2) is 5.92. The van der Waals surface area contributed by atoms with Gasteiger partial charge in [0.25, 0.3) is 0 Å². The highest BCUT2D eigenvalue weighted by Crippen LogP contribution is 2.24. The smallest absolute Gasteiger partial charge is 0.239 e. The maximum absolute atomic E-state index is 12.4. The van der Waals surface area contributed by atoms with Crippen LogP contribution >= 0.6 is 23.2 Å².